The molecule has 34 heavy (non-hydrogen) atoms. The quantitative estimate of drug-likeness (QED) is 0.594. The molecule has 2 aromatic rings. The van der Waals surface area contributed by atoms with Gasteiger partial charge < -0.3 is 15.4 Å². The molecule has 182 valence electrons. The first kappa shape index (κ1) is 22.8. The first-order chi connectivity index (χ1) is 16.0. The standard InChI is InChI=1S/C21H20ClF4N5O3/c22-12-3-4-13-14(15(12)23)19(34-18(33)29-13)5-2-8-30(10-19)17(32)11-9-28-31(16(11)27)20(6-1-7-20)21(24,25)26/h3-4,9H,1-2,5-8,10,27H2,(H,29,33)/t19-/m0/s1. The summed E-state index contributed by atoms with van der Waals surface area (Å²) in [5.41, 5.74) is 2.26. The van der Waals surface area contributed by atoms with Gasteiger partial charge in [-0.3, -0.25) is 10.1 Å². The minimum Gasteiger partial charge on any atom is -0.436 e. The molecule has 1 spiro atoms. The number of halogens is 5. The Morgan fingerprint density at radius 2 is 1.97 bits per heavy atom. The number of likely N-dealkylation sites (tertiary alicyclic amines) is 1. The van der Waals surface area contributed by atoms with Crippen molar-refractivity contribution in [1.82, 2.24) is 14.7 Å². The van der Waals surface area contributed by atoms with Gasteiger partial charge in [0.1, 0.15) is 11.4 Å². The van der Waals surface area contributed by atoms with Crippen LogP contribution in [0.2, 0.25) is 5.02 Å². The molecule has 5 rings (SSSR count). The Balaban J connectivity index is 1.49. The maximum atomic E-state index is 15.0. The van der Waals surface area contributed by atoms with E-state index >= 15 is 4.39 Å². The van der Waals surface area contributed by atoms with E-state index in [1.807, 2.05) is 0 Å². The maximum absolute atomic E-state index is 15.0. The van der Waals surface area contributed by atoms with Crippen molar-refractivity contribution in [2.45, 2.75) is 49.4 Å². The number of nitrogens with two attached hydrogens (primary N) is 1. The number of hydrogen-bond donors (Lipinski definition) is 2. The second kappa shape index (κ2) is 7.49. The van der Waals surface area contributed by atoms with Crippen molar-refractivity contribution in [3.63, 3.8) is 0 Å². The summed E-state index contributed by atoms with van der Waals surface area (Å²) in [6, 6.07) is 2.74. The first-order valence-corrected chi connectivity index (χ1v) is 11.1. The third-order valence-corrected chi connectivity index (χ3v) is 7.26. The van der Waals surface area contributed by atoms with Gasteiger partial charge in [-0.1, -0.05) is 11.6 Å². The fourth-order valence-corrected chi connectivity index (χ4v) is 5.27. The van der Waals surface area contributed by atoms with Crippen LogP contribution in [0.15, 0.2) is 18.3 Å². The van der Waals surface area contributed by atoms with Crippen molar-refractivity contribution in [3.8, 4) is 0 Å². The number of benzene rings is 1. The molecule has 1 aromatic heterocycles. The average Bonchev–Trinajstić information content (AvgIpc) is 3.09. The number of ether oxygens (including phenoxy) is 1. The topological polar surface area (TPSA) is 102 Å². The normalized spacial score (nSPS) is 23.7. The molecule has 0 radical (unpaired) electrons. The lowest BCUT2D eigenvalue weighted by Crippen LogP contribution is -2.54. The molecule has 1 atom stereocenters. The molecule has 2 amide bonds. The lowest BCUT2D eigenvalue weighted by Gasteiger charge is -2.45. The highest BCUT2D eigenvalue weighted by Crippen LogP contribution is 2.52. The third kappa shape index (κ3) is 3.14. The minimum absolute atomic E-state index is 0.0197. The number of rotatable bonds is 2. The number of carbonyl (C=O) groups excluding carboxylic acids is 2. The third-order valence-electron chi connectivity index (χ3n) is 6.97. The van der Waals surface area contributed by atoms with Gasteiger partial charge in [0.05, 0.1) is 29.0 Å². The number of anilines is 2. The zero-order valence-corrected chi connectivity index (χ0v) is 18.5. The molecule has 1 saturated heterocycles. The minimum atomic E-state index is -4.58. The van der Waals surface area contributed by atoms with Crippen molar-refractivity contribution >= 4 is 35.1 Å². The maximum Gasteiger partial charge on any atom is 0.413 e. The summed E-state index contributed by atoms with van der Waals surface area (Å²) in [5.74, 6) is -1.85. The van der Waals surface area contributed by atoms with Crippen molar-refractivity contribution < 1.29 is 31.9 Å². The zero-order chi connectivity index (χ0) is 24.5. The van der Waals surface area contributed by atoms with E-state index in [4.69, 9.17) is 22.1 Å². The number of fused-ring (bicyclic) bond motifs is 2. The molecular weight excluding hydrogens is 482 g/mol. The molecule has 3 aliphatic rings. The van der Waals surface area contributed by atoms with Crippen LogP contribution in [0, 0.1) is 5.82 Å². The van der Waals surface area contributed by atoms with Crippen LogP contribution in [0.1, 0.15) is 48.0 Å². The Morgan fingerprint density at radius 3 is 2.62 bits per heavy atom. The highest BCUT2D eigenvalue weighted by Gasteiger charge is 2.61. The van der Waals surface area contributed by atoms with Crippen LogP contribution in [-0.2, 0) is 15.9 Å². The van der Waals surface area contributed by atoms with E-state index in [0.29, 0.717) is 17.5 Å². The molecule has 1 aliphatic carbocycles. The molecule has 3 N–H and O–H groups in total. The van der Waals surface area contributed by atoms with Gasteiger partial charge in [-0.15, -0.1) is 0 Å². The van der Waals surface area contributed by atoms with Crippen molar-refractivity contribution in [1.29, 1.82) is 0 Å². The number of amides is 2. The van der Waals surface area contributed by atoms with Gasteiger partial charge in [-0.2, -0.15) is 18.3 Å². The van der Waals surface area contributed by atoms with E-state index in [0.717, 1.165) is 6.20 Å². The number of piperidine rings is 1. The Bertz CT molecular complexity index is 1200. The van der Waals surface area contributed by atoms with Gasteiger partial charge >= 0.3 is 12.3 Å². The predicted molar refractivity (Wildman–Crippen MR) is 113 cm³/mol. The Labute approximate surface area is 196 Å². The molecular formula is C21H20ClF4N5O3. The van der Waals surface area contributed by atoms with Crippen molar-refractivity contribution in [2.75, 3.05) is 24.1 Å². The van der Waals surface area contributed by atoms with E-state index in [1.165, 1.54) is 17.0 Å². The summed E-state index contributed by atoms with van der Waals surface area (Å²) in [4.78, 5) is 26.8. The first-order valence-electron chi connectivity index (χ1n) is 10.7. The molecule has 0 bridgehead atoms. The van der Waals surface area contributed by atoms with Crippen LogP contribution in [0.5, 0.6) is 0 Å². The summed E-state index contributed by atoms with van der Waals surface area (Å²) in [7, 11) is 0. The summed E-state index contributed by atoms with van der Waals surface area (Å²) in [5, 5.41) is 6.07. The molecule has 1 saturated carbocycles. The largest absolute Gasteiger partial charge is 0.436 e. The van der Waals surface area contributed by atoms with Crippen LogP contribution >= 0.6 is 11.6 Å². The number of nitrogens with zero attached hydrogens (tertiary/aromatic N) is 3. The number of hydrogen-bond acceptors (Lipinski definition) is 5. The van der Waals surface area contributed by atoms with E-state index < -0.39 is 41.0 Å². The molecule has 8 nitrogen and oxygen atoms in total. The van der Waals surface area contributed by atoms with Gasteiger partial charge in [0.2, 0.25) is 0 Å². The molecule has 3 heterocycles. The number of nitrogen functional groups attached to an aromatic ring is 1. The highest BCUT2D eigenvalue weighted by molar-refractivity contribution is 6.31. The number of nitrogens with one attached hydrogen (secondary N) is 1. The SMILES string of the molecule is Nc1c(C(=O)N2CCC[C@@]3(C2)OC(=O)Nc2ccc(Cl)c(F)c23)cnn1C1(C(F)(F)F)CCC1. The summed E-state index contributed by atoms with van der Waals surface area (Å²) >= 11 is 5.96. The molecule has 0 unspecified atom stereocenters. The van der Waals surface area contributed by atoms with Crippen molar-refractivity contribution in [3.05, 3.63) is 40.3 Å². The summed E-state index contributed by atoms with van der Waals surface area (Å²) < 4.78 is 62.5. The number of alkyl halides is 3. The zero-order valence-electron chi connectivity index (χ0n) is 17.7. The van der Waals surface area contributed by atoms with E-state index in [2.05, 4.69) is 10.4 Å². The Kier molecular flexibility index (Phi) is 5.01. The van der Waals surface area contributed by atoms with Crippen LogP contribution in [0.3, 0.4) is 0 Å². The number of aromatic nitrogens is 2. The molecule has 13 heteroatoms. The summed E-state index contributed by atoms with van der Waals surface area (Å²) in [6.45, 7) is -0.0172. The molecule has 2 aliphatic heterocycles. The van der Waals surface area contributed by atoms with Gasteiger partial charge in [-0.25, -0.2) is 13.9 Å². The van der Waals surface area contributed by atoms with Crippen LogP contribution in [0.25, 0.3) is 0 Å². The van der Waals surface area contributed by atoms with E-state index in [1.54, 1.807) is 0 Å². The number of carbonyl (C=O) groups is 2. The van der Waals surface area contributed by atoms with Crippen molar-refractivity contribution in [2.24, 2.45) is 0 Å². The van der Waals surface area contributed by atoms with Gasteiger partial charge in [0.15, 0.2) is 17.0 Å². The fraction of sp³-hybridized carbons (Fsp3) is 0.476. The summed E-state index contributed by atoms with van der Waals surface area (Å²) in [6.07, 6.45) is -3.80. The second-order valence-electron chi connectivity index (χ2n) is 8.86. The smallest absolute Gasteiger partial charge is 0.413 e. The predicted octanol–water partition coefficient (Wildman–Crippen LogP) is 4.39. The van der Waals surface area contributed by atoms with Gasteiger partial charge in [0.25, 0.3) is 5.91 Å². The van der Waals surface area contributed by atoms with E-state index in [9.17, 15) is 22.8 Å². The van der Waals surface area contributed by atoms with Crippen LogP contribution in [-0.4, -0.2) is 45.9 Å². The lowest BCUT2D eigenvalue weighted by molar-refractivity contribution is -0.242. The van der Waals surface area contributed by atoms with Crippen LogP contribution in [0.4, 0.5) is 33.9 Å². The Morgan fingerprint density at radius 1 is 1.24 bits per heavy atom. The average molecular weight is 502 g/mol. The monoisotopic (exact) mass is 501 g/mol. The molecule has 2 fully saturated rings. The van der Waals surface area contributed by atoms with Crippen LogP contribution < -0.4 is 11.1 Å². The fourth-order valence-electron chi connectivity index (χ4n) is 5.11. The second-order valence-corrected chi connectivity index (χ2v) is 9.27. The van der Waals surface area contributed by atoms with Gasteiger partial charge in [-0.05, 0) is 44.2 Å². The van der Waals surface area contributed by atoms with Gasteiger partial charge in [0, 0.05) is 6.54 Å². The Hall–Kier alpha value is -3.02. The van der Waals surface area contributed by atoms with E-state index in [-0.39, 0.29) is 54.2 Å². The lowest BCUT2D eigenvalue weighted by atomic mass is 9.76. The highest BCUT2D eigenvalue weighted by atomic mass is 35.5. The molecule has 1 aromatic carbocycles.